The first-order chi connectivity index (χ1) is 8.87. The van der Waals surface area contributed by atoms with E-state index in [2.05, 4.69) is 40.2 Å². The number of hydrogen-bond donors (Lipinski definition) is 3. The lowest BCUT2D eigenvalue weighted by molar-refractivity contribution is -0.0125. The Hall–Kier alpha value is -0.940. The number of piperazine rings is 1. The molecule has 95 valence electrons. The maximum absolute atomic E-state index is 5.80. The third kappa shape index (κ3) is 1.53. The second-order valence-corrected chi connectivity index (χ2v) is 5.46. The van der Waals surface area contributed by atoms with E-state index in [9.17, 15) is 0 Å². The number of rotatable bonds is 1. The van der Waals surface area contributed by atoms with Crippen LogP contribution in [0.5, 0.6) is 0 Å². The van der Waals surface area contributed by atoms with Gasteiger partial charge in [-0.2, -0.15) is 0 Å². The van der Waals surface area contributed by atoms with Crippen molar-refractivity contribution in [1.82, 2.24) is 16.0 Å². The molecule has 0 aliphatic carbocycles. The molecule has 2 atom stereocenters. The Balaban J connectivity index is 1.71. The molecule has 3 aliphatic heterocycles. The van der Waals surface area contributed by atoms with E-state index in [1.807, 2.05) is 0 Å². The summed E-state index contributed by atoms with van der Waals surface area (Å²) >= 11 is 0. The van der Waals surface area contributed by atoms with E-state index in [0.29, 0.717) is 6.04 Å². The third-order valence-corrected chi connectivity index (χ3v) is 4.19. The van der Waals surface area contributed by atoms with Crippen molar-refractivity contribution in [1.29, 1.82) is 0 Å². The van der Waals surface area contributed by atoms with Crippen molar-refractivity contribution in [3.63, 3.8) is 0 Å². The van der Waals surface area contributed by atoms with Crippen molar-refractivity contribution < 1.29 is 4.74 Å². The van der Waals surface area contributed by atoms with Gasteiger partial charge < -0.3 is 10.1 Å². The summed E-state index contributed by atoms with van der Waals surface area (Å²) < 4.78 is 5.80. The second kappa shape index (κ2) is 4.03. The molecule has 1 aromatic carbocycles. The molecule has 3 aliphatic rings. The summed E-state index contributed by atoms with van der Waals surface area (Å²) in [6.07, 6.45) is 0. The molecule has 1 radical (unpaired) electrons. The first kappa shape index (κ1) is 10.9. The van der Waals surface area contributed by atoms with Crippen LogP contribution in [0.15, 0.2) is 24.3 Å². The molecule has 2 unspecified atom stereocenters. The highest BCUT2D eigenvalue weighted by molar-refractivity contribution is 5.47. The fourth-order valence-corrected chi connectivity index (χ4v) is 3.38. The highest BCUT2D eigenvalue weighted by Crippen LogP contribution is 2.35. The van der Waals surface area contributed by atoms with Gasteiger partial charge in [-0.15, -0.1) is 0 Å². The predicted octanol–water partition coefficient (Wildman–Crippen LogP) is 0.000290. The van der Waals surface area contributed by atoms with Gasteiger partial charge in [-0.25, -0.2) is 0 Å². The van der Waals surface area contributed by atoms with Crippen LogP contribution >= 0.6 is 0 Å². The molecule has 18 heavy (non-hydrogen) atoms. The maximum atomic E-state index is 5.80. The summed E-state index contributed by atoms with van der Waals surface area (Å²) in [6.45, 7) is 4.41. The first-order valence-electron chi connectivity index (χ1n) is 6.63. The van der Waals surface area contributed by atoms with Crippen LogP contribution in [-0.2, 0) is 11.3 Å². The number of benzene rings is 1. The van der Waals surface area contributed by atoms with Crippen molar-refractivity contribution in [3.8, 4) is 0 Å². The van der Waals surface area contributed by atoms with E-state index in [4.69, 9.17) is 4.74 Å². The van der Waals surface area contributed by atoms with Crippen LogP contribution in [0, 0.1) is 6.04 Å². The Labute approximate surface area is 107 Å². The van der Waals surface area contributed by atoms with Crippen molar-refractivity contribution in [2.24, 2.45) is 0 Å². The average Bonchev–Trinajstić information content (AvgIpc) is 2.83. The minimum atomic E-state index is -0.0756. The molecule has 0 aromatic heterocycles. The zero-order valence-corrected chi connectivity index (χ0v) is 10.3. The van der Waals surface area contributed by atoms with Crippen molar-refractivity contribution in [3.05, 3.63) is 41.4 Å². The molecule has 0 amide bonds. The summed E-state index contributed by atoms with van der Waals surface area (Å²) in [5, 5.41) is 10.9. The molecule has 3 N–H and O–H groups in total. The number of ether oxygens (including phenoxy) is 1. The fraction of sp³-hybridized carbons (Fsp3) is 0.500. The molecule has 3 heterocycles. The summed E-state index contributed by atoms with van der Waals surface area (Å²) in [5.41, 5.74) is 2.66. The molecule has 1 aromatic rings. The predicted molar refractivity (Wildman–Crippen MR) is 69.0 cm³/mol. The van der Waals surface area contributed by atoms with Crippen molar-refractivity contribution in [2.75, 3.05) is 26.3 Å². The molecule has 4 rings (SSSR count). The lowest BCUT2D eigenvalue weighted by Crippen LogP contribution is -2.73. The van der Waals surface area contributed by atoms with E-state index in [1.54, 1.807) is 0 Å². The standard InChI is InChI=1S/C14H18N3O/c1-2-4-12-10(3-1)5-16-13(12)14-8-15-6-11(17-14)7-18-9-14/h1-4,11,15-17H,5-9H2. The lowest BCUT2D eigenvalue weighted by atomic mass is 9.83. The monoisotopic (exact) mass is 244 g/mol. The molecule has 0 spiro atoms. The fourth-order valence-electron chi connectivity index (χ4n) is 3.38. The SMILES string of the molecule is c1ccc2c(c1)CN[C]2C12CNCC(COC1)N2. The van der Waals surface area contributed by atoms with Gasteiger partial charge in [-0.05, 0) is 11.1 Å². The van der Waals surface area contributed by atoms with Gasteiger partial charge >= 0.3 is 0 Å². The Morgan fingerprint density at radius 3 is 3.22 bits per heavy atom. The molecule has 2 bridgehead atoms. The summed E-state index contributed by atoms with van der Waals surface area (Å²) in [5.74, 6) is 0. The molecular weight excluding hydrogens is 226 g/mol. The van der Waals surface area contributed by atoms with Crippen molar-refractivity contribution >= 4 is 0 Å². The molecular formula is C14H18N3O. The van der Waals surface area contributed by atoms with Crippen LogP contribution in [0.4, 0.5) is 0 Å². The van der Waals surface area contributed by atoms with Crippen LogP contribution in [-0.4, -0.2) is 37.9 Å². The normalized spacial score (nSPS) is 35.4. The van der Waals surface area contributed by atoms with Gasteiger partial charge in [0.1, 0.15) is 0 Å². The van der Waals surface area contributed by atoms with Gasteiger partial charge in [0.2, 0.25) is 0 Å². The van der Waals surface area contributed by atoms with Crippen LogP contribution in [0.2, 0.25) is 0 Å². The van der Waals surface area contributed by atoms with Crippen LogP contribution in [0.3, 0.4) is 0 Å². The van der Waals surface area contributed by atoms with Crippen LogP contribution in [0.25, 0.3) is 0 Å². The minimum Gasteiger partial charge on any atom is -0.378 e. The van der Waals surface area contributed by atoms with Gasteiger partial charge in [0.25, 0.3) is 0 Å². The van der Waals surface area contributed by atoms with E-state index < -0.39 is 0 Å². The molecule has 2 saturated heterocycles. The first-order valence-corrected chi connectivity index (χ1v) is 6.63. The quantitative estimate of drug-likeness (QED) is 0.651. The summed E-state index contributed by atoms with van der Waals surface area (Å²) in [4.78, 5) is 0. The molecule has 4 nitrogen and oxygen atoms in total. The second-order valence-electron chi connectivity index (χ2n) is 5.46. The Morgan fingerprint density at radius 2 is 2.22 bits per heavy atom. The highest BCUT2D eigenvalue weighted by Gasteiger charge is 2.48. The Bertz CT molecular complexity index is 452. The lowest BCUT2D eigenvalue weighted by Gasteiger charge is -2.49. The average molecular weight is 244 g/mol. The zero-order chi connectivity index (χ0) is 12.0. The Morgan fingerprint density at radius 1 is 1.28 bits per heavy atom. The Kier molecular flexibility index (Phi) is 2.45. The highest BCUT2D eigenvalue weighted by atomic mass is 16.5. The summed E-state index contributed by atoms with van der Waals surface area (Å²) in [6, 6.07) is 10.3. The number of fused-ring (bicyclic) bond motifs is 3. The maximum Gasteiger partial charge on any atom is 0.0907 e. The van der Waals surface area contributed by atoms with E-state index in [0.717, 1.165) is 32.8 Å². The van der Waals surface area contributed by atoms with Gasteiger partial charge in [-0.3, -0.25) is 10.6 Å². The van der Waals surface area contributed by atoms with E-state index in [-0.39, 0.29) is 5.54 Å². The largest absolute Gasteiger partial charge is 0.378 e. The van der Waals surface area contributed by atoms with Gasteiger partial charge in [0.05, 0.1) is 24.8 Å². The number of nitrogens with one attached hydrogen (secondary N) is 3. The van der Waals surface area contributed by atoms with Crippen LogP contribution in [0.1, 0.15) is 11.1 Å². The van der Waals surface area contributed by atoms with Crippen molar-refractivity contribution in [2.45, 2.75) is 18.1 Å². The van der Waals surface area contributed by atoms with Gasteiger partial charge in [-0.1, -0.05) is 24.3 Å². The zero-order valence-electron chi connectivity index (χ0n) is 10.3. The third-order valence-electron chi connectivity index (χ3n) is 4.19. The topological polar surface area (TPSA) is 45.3 Å². The van der Waals surface area contributed by atoms with E-state index >= 15 is 0 Å². The summed E-state index contributed by atoms with van der Waals surface area (Å²) in [7, 11) is 0. The van der Waals surface area contributed by atoms with Gasteiger partial charge in [0, 0.05) is 25.7 Å². The molecule has 0 saturated carbocycles. The molecule has 2 fully saturated rings. The molecule has 4 heteroatoms. The number of morpholine rings is 1. The van der Waals surface area contributed by atoms with Crippen LogP contribution < -0.4 is 16.0 Å². The number of hydrogen-bond acceptors (Lipinski definition) is 4. The van der Waals surface area contributed by atoms with Gasteiger partial charge in [0.15, 0.2) is 0 Å². The minimum absolute atomic E-state index is 0.0756. The van der Waals surface area contributed by atoms with E-state index in [1.165, 1.54) is 17.2 Å². The smallest absolute Gasteiger partial charge is 0.0907 e.